The maximum Gasteiger partial charge on any atom is 0.326 e. The molecule has 1 aromatic rings. The second-order valence-corrected chi connectivity index (χ2v) is 7.88. The lowest BCUT2D eigenvalue weighted by Crippen LogP contribution is -2.51. The Morgan fingerprint density at radius 1 is 1.03 bits per heavy atom. The van der Waals surface area contributed by atoms with Gasteiger partial charge in [0.25, 0.3) is 5.91 Å². The monoisotopic (exact) mass is 559 g/mol. The molecule has 0 aliphatic carbocycles. The van der Waals surface area contributed by atoms with Crippen molar-refractivity contribution in [1.29, 1.82) is 0 Å². The van der Waals surface area contributed by atoms with Gasteiger partial charge in [-0.05, 0) is 53.7 Å². The highest BCUT2D eigenvalue weighted by Crippen LogP contribution is 2.05. The van der Waals surface area contributed by atoms with Crippen molar-refractivity contribution in [2.45, 2.75) is 44.2 Å². The summed E-state index contributed by atoms with van der Waals surface area (Å²) in [5, 5.41) is 37.4. The number of nitrogens with one attached hydrogen (secondary N) is 3. The van der Waals surface area contributed by atoms with Gasteiger partial charge < -0.3 is 36.1 Å². The van der Waals surface area contributed by atoms with E-state index >= 15 is 0 Å². The van der Waals surface area contributed by atoms with E-state index in [1.165, 1.54) is 6.21 Å². The second kappa shape index (κ2) is 16.0. The number of carboxylic acid groups (broad SMARTS) is 3. The van der Waals surface area contributed by atoms with Crippen molar-refractivity contribution < 1.29 is 44.1 Å². The number of nitrogens with zero attached hydrogens (tertiary/aromatic N) is 2. The van der Waals surface area contributed by atoms with Crippen LogP contribution < -0.4 is 16.0 Å². The van der Waals surface area contributed by atoms with Crippen LogP contribution in [0.5, 0.6) is 0 Å². The van der Waals surface area contributed by atoms with Gasteiger partial charge in [0.1, 0.15) is 16.7 Å². The first-order valence-electron chi connectivity index (χ1n) is 10.4. The fraction of sp³-hybridized carbons (Fsp3) is 0.450. The average Bonchev–Trinajstić information content (AvgIpc) is 2.78. The van der Waals surface area contributed by atoms with E-state index in [1.807, 2.05) is 5.32 Å². The third-order valence-electron chi connectivity index (χ3n) is 4.29. The number of carboxylic acids is 3. The largest absolute Gasteiger partial charge is 0.481 e. The molecule has 0 saturated heterocycles. The molecule has 6 N–H and O–H groups in total. The molecule has 192 valence electrons. The Labute approximate surface area is 208 Å². The van der Waals surface area contributed by atoms with E-state index in [0.29, 0.717) is 23.1 Å². The molecule has 0 radical (unpaired) electrons. The number of aliphatic carboxylic acids is 3. The molecule has 1 heterocycles. The summed E-state index contributed by atoms with van der Waals surface area (Å²) in [6.07, 6.45) is 1.26. The summed E-state index contributed by atoms with van der Waals surface area (Å²) >= 11 is 3.22. The third kappa shape index (κ3) is 13.5. The molecule has 0 aromatic carbocycles. The van der Waals surface area contributed by atoms with Crippen LogP contribution in [0.15, 0.2) is 28.0 Å². The third-order valence-corrected chi connectivity index (χ3v) is 4.73. The zero-order chi connectivity index (χ0) is 26.2. The summed E-state index contributed by atoms with van der Waals surface area (Å²) in [6.45, 7) is -0.0927. The van der Waals surface area contributed by atoms with Gasteiger partial charge in [-0.2, -0.15) is 0 Å². The van der Waals surface area contributed by atoms with Gasteiger partial charge >= 0.3 is 23.9 Å². The average molecular weight is 560 g/mol. The lowest BCUT2D eigenvalue weighted by Gasteiger charge is -2.18. The molecule has 1 aromatic heterocycles. The summed E-state index contributed by atoms with van der Waals surface area (Å²) in [6, 6.07) is 1.38. The molecule has 1 rings (SSSR count). The first-order valence-corrected chi connectivity index (χ1v) is 11.2. The van der Waals surface area contributed by atoms with Crippen LogP contribution in [0.2, 0.25) is 0 Å². The van der Waals surface area contributed by atoms with Gasteiger partial charge in [-0.15, -0.1) is 0 Å². The van der Waals surface area contributed by atoms with Crippen molar-refractivity contribution in [1.82, 2.24) is 20.9 Å². The molecule has 3 amide bonds. The van der Waals surface area contributed by atoms with Crippen LogP contribution in [0.3, 0.4) is 0 Å². The summed E-state index contributed by atoms with van der Waals surface area (Å²) in [5.41, 5.74) is 0.536. The first kappa shape index (κ1) is 29.3. The van der Waals surface area contributed by atoms with Crippen molar-refractivity contribution in [3.8, 4) is 0 Å². The van der Waals surface area contributed by atoms with Gasteiger partial charge in [0.05, 0.1) is 11.9 Å². The number of rotatable bonds is 16. The molecule has 0 saturated carbocycles. The zero-order valence-electron chi connectivity index (χ0n) is 18.5. The number of carbonyl (C=O) groups is 5. The lowest BCUT2D eigenvalue weighted by atomic mass is 10.1. The number of oxime groups is 1. The number of pyridine rings is 1. The molecule has 0 fully saturated rings. The molecular formula is C20H26BrN5O9. The number of aromatic nitrogens is 1. The maximum atomic E-state index is 11.9. The quantitative estimate of drug-likeness (QED) is 0.0714. The SMILES string of the molecule is O=C(O)CCC(NC(=O)NC(CCCCNC(=O)CO/N=C/c1cccc(Br)n1)C(=O)O)C(=O)O. The summed E-state index contributed by atoms with van der Waals surface area (Å²) in [4.78, 5) is 65.7. The van der Waals surface area contributed by atoms with E-state index in [-0.39, 0.29) is 26.0 Å². The Balaban J connectivity index is 2.29. The Bertz CT molecular complexity index is 928. The fourth-order valence-electron chi connectivity index (χ4n) is 2.58. The van der Waals surface area contributed by atoms with Crippen LogP contribution in [0, 0.1) is 0 Å². The summed E-state index contributed by atoms with van der Waals surface area (Å²) in [7, 11) is 0. The molecule has 35 heavy (non-hydrogen) atoms. The fourth-order valence-corrected chi connectivity index (χ4v) is 2.93. The molecule has 2 atom stereocenters. The topological polar surface area (TPSA) is 217 Å². The van der Waals surface area contributed by atoms with Crippen LogP contribution in [-0.2, 0) is 24.0 Å². The van der Waals surface area contributed by atoms with Gasteiger partial charge in [0, 0.05) is 13.0 Å². The highest BCUT2D eigenvalue weighted by molar-refractivity contribution is 9.10. The molecule has 0 spiro atoms. The van der Waals surface area contributed by atoms with Gasteiger partial charge in [0.15, 0.2) is 6.61 Å². The first-order chi connectivity index (χ1) is 16.6. The predicted molar refractivity (Wildman–Crippen MR) is 124 cm³/mol. The van der Waals surface area contributed by atoms with Crippen LogP contribution in [0.4, 0.5) is 4.79 Å². The number of unbranched alkanes of at least 4 members (excludes halogenated alkanes) is 1. The Kier molecular flexibility index (Phi) is 13.4. The normalized spacial score (nSPS) is 12.4. The minimum Gasteiger partial charge on any atom is -0.481 e. The number of hydrogen-bond acceptors (Lipinski definition) is 8. The van der Waals surface area contributed by atoms with Crippen LogP contribution in [0.25, 0.3) is 0 Å². The number of carbonyl (C=O) groups excluding carboxylic acids is 2. The van der Waals surface area contributed by atoms with Gasteiger partial charge in [-0.1, -0.05) is 11.2 Å². The molecule has 0 bridgehead atoms. The molecule has 14 nitrogen and oxygen atoms in total. The Hall–Kier alpha value is -3.75. The minimum absolute atomic E-state index is 0.0198. The van der Waals surface area contributed by atoms with E-state index < -0.39 is 48.4 Å². The van der Waals surface area contributed by atoms with E-state index in [4.69, 9.17) is 15.1 Å². The number of amides is 3. The van der Waals surface area contributed by atoms with Crippen LogP contribution in [0.1, 0.15) is 37.8 Å². The van der Waals surface area contributed by atoms with Crippen molar-refractivity contribution in [2.24, 2.45) is 5.16 Å². The molecule has 2 unspecified atom stereocenters. The van der Waals surface area contributed by atoms with E-state index in [2.05, 4.69) is 36.7 Å². The number of urea groups is 1. The van der Waals surface area contributed by atoms with Gasteiger partial charge in [-0.25, -0.2) is 19.4 Å². The number of hydrogen-bond donors (Lipinski definition) is 6. The summed E-state index contributed by atoms with van der Waals surface area (Å²) < 4.78 is 0.625. The van der Waals surface area contributed by atoms with Crippen molar-refractivity contribution >= 4 is 52.0 Å². The Morgan fingerprint density at radius 2 is 1.69 bits per heavy atom. The Morgan fingerprint density at radius 3 is 2.29 bits per heavy atom. The highest BCUT2D eigenvalue weighted by Gasteiger charge is 2.24. The van der Waals surface area contributed by atoms with E-state index in [1.54, 1.807) is 18.2 Å². The second-order valence-electron chi connectivity index (χ2n) is 7.07. The van der Waals surface area contributed by atoms with Crippen LogP contribution in [-0.4, -0.2) is 81.6 Å². The van der Waals surface area contributed by atoms with Crippen molar-refractivity contribution in [2.75, 3.05) is 13.2 Å². The standard InChI is InChI=1S/C20H26BrN5O9/c21-15-6-3-4-12(24-15)10-23-35-11-16(27)22-9-2-1-5-13(18(30)31)25-20(34)26-14(19(32)33)7-8-17(28)29/h3-4,6,10,13-14H,1-2,5,7-9,11H2,(H,22,27)(H,28,29)(H,30,31)(H,32,33)(H2,25,26,34)/b23-10+. The van der Waals surface area contributed by atoms with Gasteiger partial charge in [0.2, 0.25) is 0 Å². The molecule has 0 aliphatic heterocycles. The predicted octanol–water partition coefficient (Wildman–Crippen LogP) is 0.552. The molecular weight excluding hydrogens is 534 g/mol. The van der Waals surface area contributed by atoms with Gasteiger partial charge in [-0.3, -0.25) is 9.59 Å². The maximum absolute atomic E-state index is 11.9. The minimum atomic E-state index is -1.48. The van der Waals surface area contributed by atoms with Crippen LogP contribution >= 0.6 is 15.9 Å². The summed E-state index contributed by atoms with van der Waals surface area (Å²) in [5.74, 6) is -4.43. The van der Waals surface area contributed by atoms with E-state index in [9.17, 15) is 29.1 Å². The molecule has 15 heteroatoms. The highest BCUT2D eigenvalue weighted by atomic mass is 79.9. The number of halogens is 1. The smallest absolute Gasteiger partial charge is 0.326 e. The lowest BCUT2D eigenvalue weighted by molar-refractivity contribution is -0.140. The van der Waals surface area contributed by atoms with Crippen molar-refractivity contribution in [3.05, 3.63) is 28.5 Å². The van der Waals surface area contributed by atoms with E-state index in [0.717, 1.165) is 0 Å². The zero-order valence-corrected chi connectivity index (χ0v) is 20.1. The van der Waals surface area contributed by atoms with Crippen molar-refractivity contribution in [3.63, 3.8) is 0 Å². The molecule has 0 aliphatic rings.